The standard InChI is InChI=1S/C13H16N4O3S/c1-10(18)11-4-3-5-12(8-11)21(19,20)15-7-6-13-16-14-9-17(13)2/h3-5,8-9,15H,6-7H2,1-2H3. The fourth-order valence-electron chi connectivity index (χ4n) is 1.80. The molecule has 7 nitrogen and oxygen atoms in total. The van der Waals surface area contributed by atoms with E-state index in [1.165, 1.54) is 19.1 Å². The molecule has 2 aromatic rings. The Hall–Kier alpha value is -2.06. The van der Waals surface area contributed by atoms with Gasteiger partial charge in [-0.3, -0.25) is 4.79 Å². The highest BCUT2D eigenvalue weighted by atomic mass is 32.2. The molecule has 112 valence electrons. The molecule has 1 N–H and O–H groups in total. The number of nitrogens with zero attached hydrogens (tertiary/aromatic N) is 3. The van der Waals surface area contributed by atoms with Crippen LogP contribution in [-0.2, 0) is 23.5 Å². The number of benzene rings is 1. The normalized spacial score (nSPS) is 11.5. The number of aryl methyl sites for hydroxylation is 1. The Morgan fingerprint density at radius 2 is 2.14 bits per heavy atom. The van der Waals surface area contributed by atoms with Crippen LogP contribution in [0, 0.1) is 0 Å². The Balaban J connectivity index is 2.06. The van der Waals surface area contributed by atoms with Crippen molar-refractivity contribution in [3.05, 3.63) is 42.0 Å². The van der Waals surface area contributed by atoms with Crippen molar-refractivity contribution < 1.29 is 13.2 Å². The second-order valence-corrected chi connectivity index (χ2v) is 6.36. The number of aromatic nitrogens is 3. The lowest BCUT2D eigenvalue weighted by atomic mass is 10.2. The van der Waals surface area contributed by atoms with Gasteiger partial charge < -0.3 is 4.57 Å². The molecular weight excluding hydrogens is 292 g/mol. The highest BCUT2D eigenvalue weighted by Gasteiger charge is 2.15. The molecule has 0 bridgehead atoms. The number of Topliss-reactive ketones (excluding diaryl/α,β-unsaturated/α-hetero) is 1. The van der Waals surface area contributed by atoms with Crippen molar-refractivity contribution in [2.45, 2.75) is 18.2 Å². The van der Waals surface area contributed by atoms with Crippen LogP contribution in [0.3, 0.4) is 0 Å². The van der Waals surface area contributed by atoms with E-state index in [0.29, 0.717) is 17.8 Å². The second-order valence-electron chi connectivity index (χ2n) is 4.59. The number of carbonyl (C=O) groups is 1. The fourth-order valence-corrected chi connectivity index (χ4v) is 2.87. The van der Waals surface area contributed by atoms with Crippen molar-refractivity contribution in [3.63, 3.8) is 0 Å². The van der Waals surface area contributed by atoms with Gasteiger partial charge in [-0.2, -0.15) is 0 Å². The van der Waals surface area contributed by atoms with Gasteiger partial charge in [0.05, 0.1) is 4.90 Å². The van der Waals surface area contributed by atoms with E-state index in [1.807, 2.05) is 0 Å². The van der Waals surface area contributed by atoms with Gasteiger partial charge in [0.2, 0.25) is 10.0 Å². The van der Waals surface area contributed by atoms with Crippen molar-refractivity contribution in [1.29, 1.82) is 0 Å². The number of ketones is 1. The third-order valence-corrected chi connectivity index (χ3v) is 4.46. The quantitative estimate of drug-likeness (QED) is 0.786. The molecule has 1 aromatic heterocycles. The van der Waals surface area contributed by atoms with Gasteiger partial charge in [-0.05, 0) is 19.1 Å². The Morgan fingerprint density at radius 3 is 2.76 bits per heavy atom. The number of hydrogen-bond donors (Lipinski definition) is 1. The van der Waals surface area contributed by atoms with Gasteiger partial charge in [-0.25, -0.2) is 13.1 Å². The van der Waals surface area contributed by atoms with E-state index in [9.17, 15) is 13.2 Å². The Morgan fingerprint density at radius 1 is 1.38 bits per heavy atom. The zero-order valence-electron chi connectivity index (χ0n) is 11.8. The van der Waals surface area contributed by atoms with E-state index in [4.69, 9.17) is 0 Å². The molecule has 0 fully saturated rings. The van der Waals surface area contributed by atoms with Crippen molar-refractivity contribution >= 4 is 15.8 Å². The summed E-state index contributed by atoms with van der Waals surface area (Å²) in [6.45, 7) is 1.60. The first-order valence-electron chi connectivity index (χ1n) is 6.34. The molecule has 0 spiro atoms. The Kier molecular flexibility index (Phi) is 4.49. The molecule has 0 aliphatic heterocycles. The Labute approximate surface area is 123 Å². The lowest BCUT2D eigenvalue weighted by molar-refractivity contribution is 0.101. The van der Waals surface area contributed by atoms with Crippen LogP contribution in [0.4, 0.5) is 0 Å². The van der Waals surface area contributed by atoms with E-state index in [0.717, 1.165) is 0 Å². The summed E-state index contributed by atoms with van der Waals surface area (Å²) in [6, 6.07) is 5.96. The average Bonchev–Trinajstić information content (AvgIpc) is 2.84. The molecule has 0 unspecified atom stereocenters. The van der Waals surface area contributed by atoms with Gasteiger partial charge in [0.15, 0.2) is 5.78 Å². The summed E-state index contributed by atoms with van der Waals surface area (Å²) in [5.74, 6) is 0.515. The van der Waals surface area contributed by atoms with E-state index in [-0.39, 0.29) is 17.2 Å². The number of rotatable bonds is 6. The van der Waals surface area contributed by atoms with Gasteiger partial charge in [0.1, 0.15) is 12.2 Å². The molecule has 0 amide bonds. The van der Waals surface area contributed by atoms with Gasteiger partial charge >= 0.3 is 0 Å². The largest absolute Gasteiger partial charge is 0.321 e. The number of hydrogen-bond acceptors (Lipinski definition) is 5. The fraction of sp³-hybridized carbons (Fsp3) is 0.308. The number of nitrogens with one attached hydrogen (secondary N) is 1. The summed E-state index contributed by atoms with van der Waals surface area (Å²) in [7, 11) is -1.85. The Bertz CT molecular complexity index is 752. The molecule has 0 radical (unpaired) electrons. The van der Waals surface area contributed by atoms with Crippen molar-refractivity contribution in [2.24, 2.45) is 7.05 Å². The maximum atomic E-state index is 12.2. The lowest BCUT2D eigenvalue weighted by Crippen LogP contribution is -2.26. The van der Waals surface area contributed by atoms with E-state index >= 15 is 0 Å². The van der Waals surface area contributed by atoms with E-state index in [1.54, 1.807) is 30.1 Å². The SMILES string of the molecule is CC(=O)c1cccc(S(=O)(=O)NCCc2nncn2C)c1. The summed E-state index contributed by atoms with van der Waals surface area (Å²) in [5.41, 5.74) is 0.367. The maximum absolute atomic E-state index is 12.2. The lowest BCUT2D eigenvalue weighted by Gasteiger charge is -2.07. The molecule has 0 saturated carbocycles. The van der Waals surface area contributed by atoms with Crippen LogP contribution in [0.1, 0.15) is 23.1 Å². The molecule has 0 aliphatic carbocycles. The topological polar surface area (TPSA) is 93.9 Å². The second kappa shape index (κ2) is 6.15. The molecular formula is C13H16N4O3S. The molecule has 8 heteroatoms. The summed E-state index contributed by atoms with van der Waals surface area (Å²) < 4.78 is 28.5. The number of sulfonamides is 1. The summed E-state index contributed by atoms with van der Waals surface area (Å²) in [4.78, 5) is 11.4. The maximum Gasteiger partial charge on any atom is 0.240 e. The third-order valence-electron chi connectivity index (χ3n) is 3.00. The van der Waals surface area contributed by atoms with Crippen LogP contribution in [-0.4, -0.2) is 35.5 Å². The van der Waals surface area contributed by atoms with Crippen LogP contribution < -0.4 is 4.72 Å². The monoisotopic (exact) mass is 308 g/mol. The third kappa shape index (κ3) is 3.73. The van der Waals surface area contributed by atoms with Crippen LogP contribution in [0.15, 0.2) is 35.5 Å². The van der Waals surface area contributed by atoms with Crippen LogP contribution in [0.5, 0.6) is 0 Å². The van der Waals surface area contributed by atoms with Crippen LogP contribution >= 0.6 is 0 Å². The van der Waals surface area contributed by atoms with Crippen LogP contribution in [0.2, 0.25) is 0 Å². The predicted octanol–water partition coefficient (Wildman–Crippen LogP) is 0.539. The first-order valence-corrected chi connectivity index (χ1v) is 7.82. The van der Waals surface area contributed by atoms with Gasteiger partial charge in [-0.15, -0.1) is 10.2 Å². The zero-order chi connectivity index (χ0) is 15.5. The van der Waals surface area contributed by atoms with E-state index in [2.05, 4.69) is 14.9 Å². The first kappa shape index (κ1) is 15.3. The molecule has 0 atom stereocenters. The molecule has 0 aliphatic rings. The molecule has 1 aromatic carbocycles. The van der Waals surface area contributed by atoms with Crippen molar-refractivity contribution in [3.8, 4) is 0 Å². The van der Waals surface area contributed by atoms with E-state index < -0.39 is 10.0 Å². The highest BCUT2D eigenvalue weighted by Crippen LogP contribution is 2.12. The average molecular weight is 308 g/mol. The summed E-state index contributed by atoms with van der Waals surface area (Å²) >= 11 is 0. The minimum absolute atomic E-state index is 0.0770. The molecule has 21 heavy (non-hydrogen) atoms. The molecule has 0 saturated heterocycles. The minimum atomic E-state index is -3.64. The zero-order valence-corrected chi connectivity index (χ0v) is 12.6. The van der Waals surface area contributed by atoms with Gasteiger partial charge in [-0.1, -0.05) is 12.1 Å². The summed E-state index contributed by atoms with van der Waals surface area (Å²) in [6.07, 6.45) is 1.99. The number of carbonyl (C=O) groups excluding carboxylic acids is 1. The van der Waals surface area contributed by atoms with Crippen LogP contribution in [0.25, 0.3) is 0 Å². The van der Waals surface area contributed by atoms with Gasteiger partial charge in [0, 0.05) is 25.6 Å². The van der Waals surface area contributed by atoms with Crippen molar-refractivity contribution in [2.75, 3.05) is 6.54 Å². The van der Waals surface area contributed by atoms with Gasteiger partial charge in [0.25, 0.3) is 0 Å². The van der Waals surface area contributed by atoms with Crippen molar-refractivity contribution in [1.82, 2.24) is 19.5 Å². The predicted molar refractivity (Wildman–Crippen MR) is 76.3 cm³/mol. The summed E-state index contributed by atoms with van der Waals surface area (Å²) in [5, 5.41) is 7.60. The smallest absolute Gasteiger partial charge is 0.240 e. The highest BCUT2D eigenvalue weighted by molar-refractivity contribution is 7.89. The molecule has 1 heterocycles. The first-order chi connectivity index (χ1) is 9.90. The molecule has 2 rings (SSSR count). The minimum Gasteiger partial charge on any atom is -0.321 e.